The van der Waals surface area contributed by atoms with E-state index >= 15 is 0 Å². The first-order valence-electron chi connectivity index (χ1n) is 11.9. The second-order valence-corrected chi connectivity index (χ2v) is 9.47. The Morgan fingerprint density at radius 3 is 2.45 bits per heavy atom. The number of amides is 2. The molecule has 3 fully saturated rings. The zero-order valence-electron chi connectivity index (χ0n) is 19.4. The van der Waals surface area contributed by atoms with Crippen LogP contribution in [0.3, 0.4) is 0 Å². The van der Waals surface area contributed by atoms with Crippen LogP contribution in [0.2, 0.25) is 0 Å². The third kappa shape index (κ3) is 4.29. The Labute approximate surface area is 194 Å². The minimum Gasteiger partial charge on any atom is -0.378 e. The van der Waals surface area contributed by atoms with Crippen molar-refractivity contribution >= 4 is 11.8 Å². The highest BCUT2D eigenvalue weighted by atomic mass is 16.5. The number of rotatable bonds is 4. The normalized spacial score (nSPS) is 25.8. The zero-order chi connectivity index (χ0) is 22.9. The third-order valence-corrected chi connectivity index (χ3v) is 7.48. The van der Waals surface area contributed by atoms with Gasteiger partial charge < -0.3 is 19.1 Å². The Bertz CT molecular complexity index is 1000. The minimum absolute atomic E-state index is 0.0860. The number of carbonyl (C=O) groups is 2. The fraction of sp³-hybridized carbons (Fsp3) is 0.560. The van der Waals surface area contributed by atoms with Gasteiger partial charge in [0.2, 0.25) is 5.91 Å². The molecule has 0 spiro atoms. The van der Waals surface area contributed by atoms with Crippen LogP contribution in [-0.4, -0.2) is 89.2 Å². The number of hydrogen-bond donors (Lipinski definition) is 0. The molecule has 8 heteroatoms. The predicted octanol–water partition coefficient (Wildman–Crippen LogP) is 2.05. The summed E-state index contributed by atoms with van der Waals surface area (Å²) in [4.78, 5) is 33.1. The lowest BCUT2D eigenvalue weighted by molar-refractivity contribution is -0.149. The first-order chi connectivity index (χ1) is 16.0. The van der Waals surface area contributed by atoms with Crippen molar-refractivity contribution in [2.24, 2.45) is 0 Å². The molecule has 0 bridgehead atoms. The van der Waals surface area contributed by atoms with E-state index < -0.39 is 0 Å². The number of ether oxygens (including phenoxy) is 1. The topological polar surface area (TPSA) is 79.1 Å². The Kier molecular flexibility index (Phi) is 6.21. The predicted molar refractivity (Wildman–Crippen MR) is 122 cm³/mol. The molecule has 2 amide bonds. The van der Waals surface area contributed by atoms with Crippen molar-refractivity contribution in [2.75, 3.05) is 39.4 Å². The van der Waals surface area contributed by atoms with Crippen LogP contribution in [0.5, 0.6) is 0 Å². The summed E-state index contributed by atoms with van der Waals surface area (Å²) in [5, 5.41) is 3.85. The molecule has 3 aliphatic heterocycles. The molecule has 5 rings (SSSR count). The van der Waals surface area contributed by atoms with Crippen LogP contribution in [0.15, 0.2) is 35.1 Å². The molecule has 0 radical (unpaired) electrons. The Morgan fingerprint density at radius 1 is 0.970 bits per heavy atom. The van der Waals surface area contributed by atoms with Gasteiger partial charge in [0.1, 0.15) is 6.26 Å². The molecule has 3 saturated heterocycles. The van der Waals surface area contributed by atoms with E-state index in [1.807, 2.05) is 15.9 Å². The first-order valence-corrected chi connectivity index (χ1v) is 11.9. The van der Waals surface area contributed by atoms with Crippen molar-refractivity contribution in [3.05, 3.63) is 52.9 Å². The molecule has 1 aromatic carbocycles. The Morgan fingerprint density at radius 2 is 1.73 bits per heavy atom. The van der Waals surface area contributed by atoms with Crippen molar-refractivity contribution in [1.82, 2.24) is 19.9 Å². The second kappa shape index (κ2) is 9.27. The van der Waals surface area contributed by atoms with Gasteiger partial charge in [-0.2, -0.15) is 0 Å². The molecule has 4 heterocycles. The molecule has 176 valence electrons. The van der Waals surface area contributed by atoms with Gasteiger partial charge in [-0.3, -0.25) is 14.5 Å². The van der Waals surface area contributed by atoms with Crippen molar-refractivity contribution in [2.45, 2.75) is 51.2 Å². The molecular weight excluding hydrogens is 420 g/mol. The quantitative estimate of drug-likeness (QED) is 0.707. The lowest BCUT2D eigenvalue weighted by Crippen LogP contribution is -2.72. The number of carbonyl (C=O) groups excluding carboxylic acids is 2. The van der Waals surface area contributed by atoms with Crippen LogP contribution in [0.1, 0.15) is 40.0 Å². The average Bonchev–Trinajstić information content (AvgIpc) is 3.54. The van der Waals surface area contributed by atoms with E-state index in [2.05, 4.69) is 36.0 Å². The third-order valence-electron chi connectivity index (χ3n) is 7.48. The van der Waals surface area contributed by atoms with E-state index in [1.165, 1.54) is 17.4 Å². The highest BCUT2D eigenvalue weighted by molar-refractivity contribution is 5.92. The highest BCUT2D eigenvalue weighted by Gasteiger charge is 2.49. The van der Waals surface area contributed by atoms with Gasteiger partial charge in [-0.1, -0.05) is 23.4 Å². The lowest BCUT2D eigenvalue weighted by Gasteiger charge is -2.54. The van der Waals surface area contributed by atoms with E-state index in [0.717, 1.165) is 31.5 Å². The van der Waals surface area contributed by atoms with Crippen LogP contribution >= 0.6 is 0 Å². The lowest BCUT2D eigenvalue weighted by atomic mass is 9.90. The van der Waals surface area contributed by atoms with Gasteiger partial charge in [0.25, 0.3) is 5.91 Å². The van der Waals surface area contributed by atoms with Crippen LogP contribution in [0.4, 0.5) is 0 Å². The monoisotopic (exact) mass is 452 g/mol. The SMILES string of the molecule is Cc1ccc(CC(=O)N2CCN(C(=O)c3ccon3)C3COCC(N4CCCC4)[C@H]32)cc1C. The minimum atomic E-state index is -0.203. The van der Waals surface area contributed by atoms with E-state index in [0.29, 0.717) is 38.4 Å². The summed E-state index contributed by atoms with van der Waals surface area (Å²) in [6, 6.07) is 7.61. The number of likely N-dealkylation sites (tertiary alicyclic amines) is 1. The number of benzene rings is 1. The zero-order valence-corrected chi connectivity index (χ0v) is 19.4. The molecule has 0 N–H and O–H groups in total. The van der Waals surface area contributed by atoms with Gasteiger partial charge in [0.15, 0.2) is 5.69 Å². The fourth-order valence-electron chi connectivity index (χ4n) is 5.58. The van der Waals surface area contributed by atoms with Gasteiger partial charge >= 0.3 is 0 Å². The molecule has 2 aromatic rings. The summed E-state index contributed by atoms with van der Waals surface area (Å²) in [7, 11) is 0. The van der Waals surface area contributed by atoms with Gasteiger partial charge in [-0.15, -0.1) is 0 Å². The molecule has 1 aromatic heterocycles. The van der Waals surface area contributed by atoms with Crippen LogP contribution < -0.4 is 0 Å². The van der Waals surface area contributed by atoms with E-state index in [4.69, 9.17) is 9.26 Å². The molecule has 33 heavy (non-hydrogen) atoms. The molecule has 3 aliphatic rings. The van der Waals surface area contributed by atoms with Crippen molar-refractivity contribution in [1.29, 1.82) is 0 Å². The van der Waals surface area contributed by atoms with Crippen molar-refractivity contribution in [3.63, 3.8) is 0 Å². The number of piperazine rings is 1. The van der Waals surface area contributed by atoms with E-state index in [-0.39, 0.29) is 29.9 Å². The second-order valence-electron chi connectivity index (χ2n) is 9.47. The van der Waals surface area contributed by atoms with E-state index in [1.54, 1.807) is 6.07 Å². The van der Waals surface area contributed by atoms with Crippen molar-refractivity contribution in [3.8, 4) is 0 Å². The summed E-state index contributed by atoms with van der Waals surface area (Å²) in [6.07, 6.45) is 4.10. The standard InChI is InChI=1S/C25H32N4O4/c1-17-5-6-19(13-18(17)2)14-23(30)29-11-10-28(25(31)20-7-12-33-26-20)22-16-32-15-21(24(22)29)27-8-3-4-9-27/h5-7,12-13,21-22,24H,3-4,8-11,14-16H2,1-2H3/t21?,22?,24-/m1/s1. The first kappa shape index (κ1) is 22.1. The highest BCUT2D eigenvalue weighted by Crippen LogP contribution is 2.31. The maximum Gasteiger partial charge on any atom is 0.276 e. The van der Waals surface area contributed by atoms with E-state index in [9.17, 15) is 9.59 Å². The summed E-state index contributed by atoms with van der Waals surface area (Å²) in [5.74, 6) is -0.0430. The van der Waals surface area contributed by atoms with Crippen LogP contribution in [-0.2, 0) is 16.0 Å². The number of fused-ring (bicyclic) bond motifs is 1. The maximum atomic E-state index is 13.6. The van der Waals surface area contributed by atoms with Crippen LogP contribution in [0, 0.1) is 13.8 Å². The van der Waals surface area contributed by atoms with Gasteiger partial charge in [0.05, 0.1) is 37.8 Å². The molecule has 8 nitrogen and oxygen atoms in total. The fourth-order valence-corrected chi connectivity index (χ4v) is 5.58. The largest absolute Gasteiger partial charge is 0.378 e. The summed E-state index contributed by atoms with van der Waals surface area (Å²) in [6.45, 7) is 8.16. The Balaban J connectivity index is 1.42. The number of aromatic nitrogens is 1. The molecule has 2 unspecified atom stereocenters. The van der Waals surface area contributed by atoms with Gasteiger partial charge in [-0.25, -0.2) is 0 Å². The van der Waals surface area contributed by atoms with Crippen LogP contribution in [0.25, 0.3) is 0 Å². The Hall–Kier alpha value is -2.71. The number of hydrogen-bond acceptors (Lipinski definition) is 6. The summed E-state index contributed by atoms with van der Waals surface area (Å²) >= 11 is 0. The molecular formula is C25H32N4O4. The van der Waals surface area contributed by atoms with Crippen molar-refractivity contribution < 1.29 is 18.8 Å². The molecule has 0 aliphatic carbocycles. The average molecular weight is 453 g/mol. The van der Waals surface area contributed by atoms with Gasteiger partial charge in [0, 0.05) is 19.2 Å². The van der Waals surface area contributed by atoms with Gasteiger partial charge in [-0.05, 0) is 56.5 Å². The molecule has 0 saturated carbocycles. The summed E-state index contributed by atoms with van der Waals surface area (Å²) in [5.41, 5.74) is 3.75. The molecule has 3 atom stereocenters. The number of nitrogens with zero attached hydrogens (tertiary/aromatic N) is 4. The number of aryl methyl sites for hydroxylation is 2. The summed E-state index contributed by atoms with van der Waals surface area (Å²) < 4.78 is 10.9. The smallest absolute Gasteiger partial charge is 0.276 e. The maximum absolute atomic E-state index is 13.6.